The highest BCUT2D eigenvalue weighted by molar-refractivity contribution is 5.94. The SMILES string of the molecule is O=C(NCC1CN(c2ccc3c(c2)OCO3)C(=O)O1)c1ccc(F)cc1F. The number of fused-ring (bicyclic) bond motifs is 1. The second-order valence-corrected chi connectivity index (χ2v) is 5.99. The maximum atomic E-state index is 13.6. The molecule has 7 nitrogen and oxygen atoms in total. The van der Waals surface area contributed by atoms with Gasteiger partial charge in [-0.25, -0.2) is 13.6 Å². The lowest BCUT2D eigenvalue weighted by Crippen LogP contribution is -2.35. The second-order valence-electron chi connectivity index (χ2n) is 5.99. The Labute approximate surface area is 152 Å². The van der Waals surface area contributed by atoms with Crippen LogP contribution in [-0.4, -0.2) is 38.0 Å². The van der Waals surface area contributed by atoms with E-state index < -0.39 is 29.7 Å². The molecule has 4 rings (SSSR count). The smallest absolute Gasteiger partial charge is 0.414 e. The third-order valence-corrected chi connectivity index (χ3v) is 4.21. The molecule has 0 aliphatic carbocycles. The summed E-state index contributed by atoms with van der Waals surface area (Å²) in [4.78, 5) is 25.5. The van der Waals surface area contributed by atoms with E-state index in [1.165, 1.54) is 4.90 Å². The first kappa shape index (κ1) is 17.1. The number of carbonyl (C=O) groups is 2. The molecule has 27 heavy (non-hydrogen) atoms. The molecule has 2 heterocycles. The summed E-state index contributed by atoms with van der Waals surface area (Å²) in [5, 5.41) is 2.49. The molecule has 2 aliphatic rings. The van der Waals surface area contributed by atoms with Crippen molar-refractivity contribution in [2.24, 2.45) is 0 Å². The molecule has 2 amide bonds. The summed E-state index contributed by atoms with van der Waals surface area (Å²) in [6.07, 6.45) is -1.18. The molecule has 1 saturated heterocycles. The van der Waals surface area contributed by atoms with Crippen LogP contribution in [0.25, 0.3) is 0 Å². The number of nitrogens with one attached hydrogen (secondary N) is 1. The van der Waals surface area contributed by atoms with Gasteiger partial charge in [0.05, 0.1) is 24.3 Å². The van der Waals surface area contributed by atoms with E-state index >= 15 is 0 Å². The maximum Gasteiger partial charge on any atom is 0.414 e. The van der Waals surface area contributed by atoms with E-state index in [-0.39, 0.29) is 25.4 Å². The summed E-state index contributed by atoms with van der Waals surface area (Å²) in [6.45, 7) is 0.310. The number of cyclic esters (lactones) is 1. The van der Waals surface area contributed by atoms with Crippen molar-refractivity contribution < 1.29 is 32.6 Å². The van der Waals surface area contributed by atoms with Crippen LogP contribution in [0.2, 0.25) is 0 Å². The van der Waals surface area contributed by atoms with E-state index in [1.54, 1.807) is 18.2 Å². The highest BCUT2D eigenvalue weighted by Gasteiger charge is 2.33. The van der Waals surface area contributed by atoms with Crippen LogP contribution in [0, 0.1) is 11.6 Å². The molecule has 140 valence electrons. The Morgan fingerprint density at radius 2 is 1.96 bits per heavy atom. The zero-order valence-electron chi connectivity index (χ0n) is 13.9. The molecule has 2 aliphatic heterocycles. The van der Waals surface area contributed by atoms with Gasteiger partial charge in [0, 0.05) is 12.1 Å². The van der Waals surface area contributed by atoms with Crippen LogP contribution >= 0.6 is 0 Å². The van der Waals surface area contributed by atoms with Gasteiger partial charge < -0.3 is 19.5 Å². The van der Waals surface area contributed by atoms with E-state index in [1.807, 2.05) is 0 Å². The molecular weight excluding hydrogens is 362 g/mol. The van der Waals surface area contributed by atoms with Crippen LogP contribution in [0.5, 0.6) is 11.5 Å². The van der Waals surface area contributed by atoms with Crippen LogP contribution in [-0.2, 0) is 4.74 Å². The molecule has 1 N–H and O–H groups in total. The predicted molar refractivity (Wildman–Crippen MR) is 88.9 cm³/mol. The molecule has 1 fully saturated rings. The molecular formula is C18H14F2N2O5. The van der Waals surface area contributed by atoms with Gasteiger partial charge in [0.15, 0.2) is 11.5 Å². The summed E-state index contributed by atoms with van der Waals surface area (Å²) in [6, 6.07) is 7.74. The average Bonchev–Trinajstić information content (AvgIpc) is 3.25. The molecule has 0 bridgehead atoms. The van der Waals surface area contributed by atoms with Crippen molar-refractivity contribution in [1.82, 2.24) is 5.32 Å². The summed E-state index contributed by atoms with van der Waals surface area (Å²) >= 11 is 0. The number of anilines is 1. The average molecular weight is 376 g/mol. The third kappa shape index (κ3) is 3.35. The van der Waals surface area contributed by atoms with Crippen molar-refractivity contribution in [3.63, 3.8) is 0 Å². The lowest BCUT2D eigenvalue weighted by molar-refractivity contribution is 0.0912. The van der Waals surface area contributed by atoms with Gasteiger partial charge >= 0.3 is 6.09 Å². The highest BCUT2D eigenvalue weighted by atomic mass is 19.1. The quantitative estimate of drug-likeness (QED) is 0.887. The fourth-order valence-corrected chi connectivity index (χ4v) is 2.87. The molecule has 0 spiro atoms. The number of ether oxygens (including phenoxy) is 3. The molecule has 2 aromatic carbocycles. The fraction of sp³-hybridized carbons (Fsp3) is 0.222. The first-order valence-electron chi connectivity index (χ1n) is 8.12. The lowest BCUT2D eigenvalue weighted by atomic mass is 10.2. The zero-order valence-corrected chi connectivity index (χ0v) is 13.9. The van der Waals surface area contributed by atoms with Gasteiger partial charge in [0.2, 0.25) is 6.79 Å². The standard InChI is InChI=1S/C18H14F2N2O5/c19-10-1-3-13(14(20)5-10)17(23)21-7-12-8-22(18(24)27-12)11-2-4-15-16(6-11)26-9-25-15/h1-6,12H,7-9H2,(H,21,23). The number of amides is 2. The first-order valence-corrected chi connectivity index (χ1v) is 8.12. The fourth-order valence-electron chi connectivity index (χ4n) is 2.87. The van der Waals surface area contributed by atoms with Crippen molar-refractivity contribution in [1.29, 1.82) is 0 Å². The molecule has 0 saturated carbocycles. The number of rotatable bonds is 4. The van der Waals surface area contributed by atoms with Gasteiger partial charge in [-0.3, -0.25) is 9.69 Å². The predicted octanol–water partition coefficient (Wildman–Crippen LogP) is 2.45. The van der Waals surface area contributed by atoms with E-state index in [9.17, 15) is 18.4 Å². The topological polar surface area (TPSA) is 77.1 Å². The van der Waals surface area contributed by atoms with Gasteiger partial charge in [-0.05, 0) is 24.3 Å². The summed E-state index contributed by atoms with van der Waals surface area (Å²) in [7, 11) is 0. The van der Waals surface area contributed by atoms with Crippen LogP contribution in [0.3, 0.4) is 0 Å². The van der Waals surface area contributed by atoms with Crippen molar-refractivity contribution in [2.75, 3.05) is 24.8 Å². The third-order valence-electron chi connectivity index (χ3n) is 4.21. The monoisotopic (exact) mass is 376 g/mol. The molecule has 0 radical (unpaired) electrons. The van der Waals surface area contributed by atoms with Crippen LogP contribution in [0.1, 0.15) is 10.4 Å². The van der Waals surface area contributed by atoms with Gasteiger partial charge in [-0.1, -0.05) is 0 Å². The minimum absolute atomic E-state index is 0.0115. The Morgan fingerprint density at radius 1 is 1.15 bits per heavy atom. The molecule has 0 aromatic heterocycles. The van der Waals surface area contributed by atoms with Crippen molar-refractivity contribution in [2.45, 2.75) is 6.10 Å². The Morgan fingerprint density at radius 3 is 2.78 bits per heavy atom. The second kappa shape index (κ2) is 6.75. The number of carbonyl (C=O) groups excluding carboxylic acids is 2. The van der Waals surface area contributed by atoms with Gasteiger partial charge in [0.1, 0.15) is 17.7 Å². The minimum atomic E-state index is -0.960. The Balaban J connectivity index is 1.39. The van der Waals surface area contributed by atoms with Crippen LogP contribution in [0.4, 0.5) is 19.3 Å². The maximum absolute atomic E-state index is 13.6. The van der Waals surface area contributed by atoms with E-state index in [2.05, 4.69) is 5.32 Å². The van der Waals surface area contributed by atoms with Gasteiger partial charge in [-0.2, -0.15) is 0 Å². The lowest BCUT2D eigenvalue weighted by Gasteiger charge is -2.13. The van der Waals surface area contributed by atoms with E-state index in [0.29, 0.717) is 23.3 Å². The Kier molecular flexibility index (Phi) is 4.27. The highest BCUT2D eigenvalue weighted by Crippen LogP contribution is 2.36. The Hall–Kier alpha value is -3.36. The molecule has 9 heteroatoms. The van der Waals surface area contributed by atoms with Crippen LogP contribution < -0.4 is 19.7 Å². The summed E-state index contributed by atoms with van der Waals surface area (Å²) in [5.74, 6) is -1.32. The number of benzene rings is 2. The Bertz CT molecular complexity index is 921. The van der Waals surface area contributed by atoms with E-state index in [0.717, 1.165) is 12.1 Å². The first-order chi connectivity index (χ1) is 13.0. The van der Waals surface area contributed by atoms with Gasteiger partial charge in [-0.15, -0.1) is 0 Å². The summed E-state index contributed by atoms with van der Waals surface area (Å²) in [5.41, 5.74) is 0.288. The van der Waals surface area contributed by atoms with Crippen molar-refractivity contribution >= 4 is 17.7 Å². The normalized spacial score (nSPS) is 17.8. The minimum Gasteiger partial charge on any atom is -0.454 e. The molecule has 1 unspecified atom stereocenters. The van der Waals surface area contributed by atoms with E-state index in [4.69, 9.17) is 14.2 Å². The van der Waals surface area contributed by atoms with Crippen molar-refractivity contribution in [3.8, 4) is 11.5 Å². The molecule has 2 aromatic rings. The zero-order chi connectivity index (χ0) is 19.0. The summed E-state index contributed by atoms with van der Waals surface area (Å²) < 4.78 is 42.3. The number of halogens is 2. The largest absolute Gasteiger partial charge is 0.454 e. The van der Waals surface area contributed by atoms with Gasteiger partial charge in [0.25, 0.3) is 5.91 Å². The van der Waals surface area contributed by atoms with Crippen molar-refractivity contribution in [3.05, 3.63) is 53.6 Å². The molecule has 1 atom stereocenters. The van der Waals surface area contributed by atoms with Crippen LogP contribution in [0.15, 0.2) is 36.4 Å². The number of nitrogens with zero attached hydrogens (tertiary/aromatic N) is 1. The number of hydrogen-bond acceptors (Lipinski definition) is 5. The number of hydrogen-bond donors (Lipinski definition) is 1.